The Kier molecular flexibility index (Phi) is 6.31. The van der Waals surface area contributed by atoms with Gasteiger partial charge in [-0.3, -0.25) is 4.90 Å². The standard InChI is InChI=1S/C15H23BrN2O/c1-13(14-3-5-15(16)6-4-14)17-7-2-8-18-9-11-19-12-10-18/h3-6,13,17H,2,7-12H2,1H3. The van der Waals surface area contributed by atoms with Crippen LogP contribution in [0.1, 0.15) is 24.9 Å². The molecule has 3 nitrogen and oxygen atoms in total. The van der Waals surface area contributed by atoms with Gasteiger partial charge in [0.25, 0.3) is 0 Å². The SMILES string of the molecule is CC(NCCCN1CCOCC1)c1ccc(Br)cc1. The summed E-state index contributed by atoms with van der Waals surface area (Å²) in [4.78, 5) is 2.48. The molecule has 1 aromatic rings. The maximum atomic E-state index is 5.35. The quantitative estimate of drug-likeness (QED) is 0.813. The predicted molar refractivity (Wildman–Crippen MR) is 82.4 cm³/mol. The fourth-order valence-electron chi connectivity index (χ4n) is 2.32. The molecule has 2 rings (SSSR count). The molecule has 0 saturated carbocycles. The molecule has 0 aliphatic carbocycles. The van der Waals surface area contributed by atoms with E-state index in [1.807, 2.05) is 0 Å². The van der Waals surface area contributed by atoms with Gasteiger partial charge in [0, 0.05) is 23.6 Å². The van der Waals surface area contributed by atoms with Crippen molar-refractivity contribution >= 4 is 15.9 Å². The topological polar surface area (TPSA) is 24.5 Å². The lowest BCUT2D eigenvalue weighted by molar-refractivity contribution is 0.0374. The van der Waals surface area contributed by atoms with Crippen LogP contribution in [0.3, 0.4) is 0 Å². The maximum Gasteiger partial charge on any atom is 0.0594 e. The predicted octanol–water partition coefficient (Wildman–Crippen LogP) is 2.82. The van der Waals surface area contributed by atoms with Crippen LogP contribution in [0.5, 0.6) is 0 Å². The summed E-state index contributed by atoms with van der Waals surface area (Å²) in [5.41, 5.74) is 1.34. The van der Waals surface area contributed by atoms with Gasteiger partial charge in [0.2, 0.25) is 0 Å². The van der Waals surface area contributed by atoms with Gasteiger partial charge < -0.3 is 10.1 Å². The number of nitrogens with zero attached hydrogens (tertiary/aromatic N) is 1. The first-order valence-electron chi connectivity index (χ1n) is 7.04. The molecule has 1 aliphatic heterocycles. The van der Waals surface area contributed by atoms with E-state index in [-0.39, 0.29) is 0 Å². The second kappa shape index (κ2) is 8.00. The summed E-state index contributed by atoms with van der Waals surface area (Å²) in [5, 5.41) is 3.58. The van der Waals surface area contributed by atoms with E-state index in [2.05, 4.69) is 57.3 Å². The Morgan fingerprint density at radius 2 is 1.95 bits per heavy atom. The fourth-order valence-corrected chi connectivity index (χ4v) is 2.58. The molecule has 106 valence electrons. The summed E-state index contributed by atoms with van der Waals surface area (Å²) < 4.78 is 6.49. The van der Waals surface area contributed by atoms with Gasteiger partial charge in [-0.25, -0.2) is 0 Å². The number of morpholine rings is 1. The van der Waals surface area contributed by atoms with E-state index < -0.39 is 0 Å². The number of hydrogen-bond acceptors (Lipinski definition) is 3. The number of halogens is 1. The normalized spacial score (nSPS) is 18.4. The van der Waals surface area contributed by atoms with E-state index in [0.717, 1.165) is 37.3 Å². The number of rotatable bonds is 6. The van der Waals surface area contributed by atoms with Crippen molar-refractivity contribution in [2.45, 2.75) is 19.4 Å². The Morgan fingerprint density at radius 1 is 1.26 bits per heavy atom. The van der Waals surface area contributed by atoms with Crippen LogP contribution in [0.15, 0.2) is 28.7 Å². The Morgan fingerprint density at radius 3 is 2.63 bits per heavy atom. The zero-order valence-electron chi connectivity index (χ0n) is 11.6. The highest BCUT2D eigenvalue weighted by Gasteiger charge is 2.09. The first-order valence-corrected chi connectivity index (χ1v) is 7.84. The fraction of sp³-hybridized carbons (Fsp3) is 0.600. The minimum absolute atomic E-state index is 0.415. The summed E-state index contributed by atoms with van der Waals surface area (Å²) in [6, 6.07) is 8.95. The lowest BCUT2D eigenvalue weighted by atomic mass is 10.1. The molecular weight excluding hydrogens is 304 g/mol. The molecule has 1 N–H and O–H groups in total. The van der Waals surface area contributed by atoms with Gasteiger partial charge in [0.05, 0.1) is 13.2 Å². The number of ether oxygens (including phenoxy) is 1. The average molecular weight is 327 g/mol. The molecule has 1 unspecified atom stereocenters. The highest BCUT2D eigenvalue weighted by atomic mass is 79.9. The van der Waals surface area contributed by atoms with Crippen LogP contribution in [-0.2, 0) is 4.74 Å². The number of nitrogens with one attached hydrogen (secondary N) is 1. The molecule has 0 aromatic heterocycles. The van der Waals surface area contributed by atoms with Gasteiger partial charge in [-0.2, -0.15) is 0 Å². The molecule has 0 bridgehead atoms. The smallest absolute Gasteiger partial charge is 0.0594 e. The molecular formula is C15H23BrN2O. The average Bonchev–Trinajstić information content (AvgIpc) is 2.45. The van der Waals surface area contributed by atoms with Crippen molar-refractivity contribution in [1.82, 2.24) is 10.2 Å². The molecule has 19 heavy (non-hydrogen) atoms. The summed E-state index contributed by atoms with van der Waals surface area (Å²) in [5.74, 6) is 0. The van der Waals surface area contributed by atoms with Crippen LogP contribution in [0.25, 0.3) is 0 Å². The van der Waals surface area contributed by atoms with E-state index in [9.17, 15) is 0 Å². The van der Waals surface area contributed by atoms with Gasteiger partial charge in [-0.15, -0.1) is 0 Å². The summed E-state index contributed by atoms with van der Waals surface area (Å²) in [6.07, 6.45) is 1.20. The molecule has 4 heteroatoms. The van der Waals surface area contributed by atoms with E-state index >= 15 is 0 Å². The highest BCUT2D eigenvalue weighted by molar-refractivity contribution is 9.10. The van der Waals surface area contributed by atoms with E-state index in [1.165, 1.54) is 18.5 Å². The summed E-state index contributed by atoms with van der Waals surface area (Å²) in [6.45, 7) is 8.41. The van der Waals surface area contributed by atoms with E-state index in [0.29, 0.717) is 6.04 Å². The van der Waals surface area contributed by atoms with Gasteiger partial charge in [0.1, 0.15) is 0 Å². The molecule has 1 saturated heterocycles. The molecule has 1 fully saturated rings. The second-order valence-corrected chi connectivity index (χ2v) is 5.95. The molecule has 1 atom stereocenters. The molecule has 0 amide bonds. The number of benzene rings is 1. The molecule has 1 heterocycles. The third kappa shape index (κ3) is 5.22. The minimum atomic E-state index is 0.415. The van der Waals surface area contributed by atoms with Gasteiger partial charge >= 0.3 is 0 Å². The van der Waals surface area contributed by atoms with Crippen LogP contribution in [0, 0.1) is 0 Å². The summed E-state index contributed by atoms with van der Waals surface area (Å²) in [7, 11) is 0. The third-order valence-electron chi connectivity index (χ3n) is 3.58. The summed E-state index contributed by atoms with van der Waals surface area (Å²) >= 11 is 3.47. The van der Waals surface area contributed by atoms with Crippen molar-refractivity contribution in [2.75, 3.05) is 39.4 Å². The van der Waals surface area contributed by atoms with Crippen molar-refractivity contribution < 1.29 is 4.74 Å². The zero-order valence-corrected chi connectivity index (χ0v) is 13.2. The van der Waals surface area contributed by atoms with Crippen molar-refractivity contribution in [2.24, 2.45) is 0 Å². The monoisotopic (exact) mass is 326 g/mol. The van der Waals surface area contributed by atoms with Crippen molar-refractivity contribution in [3.8, 4) is 0 Å². The molecule has 1 aromatic carbocycles. The molecule has 0 spiro atoms. The third-order valence-corrected chi connectivity index (χ3v) is 4.10. The Labute approximate surface area is 124 Å². The largest absolute Gasteiger partial charge is 0.379 e. The lowest BCUT2D eigenvalue weighted by Gasteiger charge is -2.26. The van der Waals surface area contributed by atoms with Crippen LogP contribution in [0.2, 0.25) is 0 Å². The molecule has 0 radical (unpaired) electrons. The maximum absolute atomic E-state index is 5.35. The van der Waals surface area contributed by atoms with Gasteiger partial charge in [0.15, 0.2) is 0 Å². The Hall–Kier alpha value is -0.420. The van der Waals surface area contributed by atoms with Crippen molar-refractivity contribution in [1.29, 1.82) is 0 Å². The lowest BCUT2D eigenvalue weighted by Crippen LogP contribution is -2.37. The van der Waals surface area contributed by atoms with Crippen LogP contribution >= 0.6 is 15.9 Å². The minimum Gasteiger partial charge on any atom is -0.379 e. The molecule has 1 aliphatic rings. The van der Waals surface area contributed by atoms with Crippen molar-refractivity contribution in [3.05, 3.63) is 34.3 Å². The van der Waals surface area contributed by atoms with Gasteiger partial charge in [-0.1, -0.05) is 28.1 Å². The first kappa shape index (κ1) is 15.0. The second-order valence-electron chi connectivity index (χ2n) is 5.03. The van der Waals surface area contributed by atoms with E-state index in [4.69, 9.17) is 4.74 Å². The van der Waals surface area contributed by atoms with E-state index in [1.54, 1.807) is 0 Å². The first-order chi connectivity index (χ1) is 9.25. The van der Waals surface area contributed by atoms with Crippen LogP contribution in [0.4, 0.5) is 0 Å². The highest BCUT2D eigenvalue weighted by Crippen LogP contribution is 2.16. The van der Waals surface area contributed by atoms with Crippen molar-refractivity contribution in [3.63, 3.8) is 0 Å². The van der Waals surface area contributed by atoms with Gasteiger partial charge in [-0.05, 0) is 44.1 Å². The van der Waals surface area contributed by atoms with Crippen LogP contribution < -0.4 is 5.32 Å². The van der Waals surface area contributed by atoms with Crippen LogP contribution in [-0.4, -0.2) is 44.3 Å². The Balaban J connectivity index is 1.63. The zero-order chi connectivity index (χ0) is 13.5. The Bertz CT molecular complexity index is 363. The number of hydrogen-bond donors (Lipinski definition) is 1.